The molecule has 1 atom stereocenters. The second-order valence-corrected chi connectivity index (χ2v) is 2.82. The number of rotatable bonds is 3. The minimum absolute atomic E-state index is 0.196. The van der Waals surface area contributed by atoms with Crippen LogP contribution in [0.15, 0.2) is 0 Å². The summed E-state index contributed by atoms with van der Waals surface area (Å²) < 4.78 is 11.7. The smallest absolute Gasteiger partial charge is 0.116 e. The molecule has 0 aromatic carbocycles. The summed E-state index contributed by atoms with van der Waals surface area (Å²) in [7, 11) is 0. The van der Waals surface area contributed by atoms with E-state index in [0.29, 0.717) is 0 Å². The summed E-state index contributed by atoms with van der Waals surface area (Å²) in [5.74, 6) is 0. The highest BCUT2D eigenvalue weighted by Gasteiger charge is 2.26. The molecule has 2 nitrogen and oxygen atoms in total. The Kier molecular flexibility index (Phi) is 3.08. The molecule has 0 aliphatic heterocycles. The Labute approximate surface area is 54.3 Å². The highest BCUT2D eigenvalue weighted by molar-refractivity contribution is 4.75. The fraction of sp³-hybridized carbons (Fsp3) is 1.00. The Hall–Kier alpha value is -0.150. The molecule has 0 spiro atoms. The molecule has 0 rings (SSSR count). The van der Waals surface area contributed by atoms with Crippen LogP contribution in [-0.2, 0) is 0 Å². The van der Waals surface area contributed by atoms with Crippen LogP contribution >= 0.6 is 0 Å². The molecule has 0 bridgehead atoms. The average Bonchev–Trinajstić information content (AvgIpc) is 1.86. The van der Waals surface area contributed by atoms with E-state index in [0.717, 1.165) is 0 Å². The van der Waals surface area contributed by atoms with Crippen molar-refractivity contribution in [3.05, 3.63) is 0 Å². The van der Waals surface area contributed by atoms with E-state index in [1.165, 1.54) is 0 Å². The Morgan fingerprint density at radius 2 is 2.00 bits per heavy atom. The van der Waals surface area contributed by atoms with E-state index < -0.39 is 18.2 Å². The van der Waals surface area contributed by atoms with Crippen molar-refractivity contribution in [3.63, 3.8) is 0 Å². The average molecular weight is 136 g/mol. The topological polar surface area (TPSA) is 40.5 Å². The zero-order chi connectivity index (χ0) is 7.49. The number of hydrogen-bond donors (Lipinski definition) is 2. The van der Waals surface area contributed by atoms with Crippen LogP contribution in [0.1, 0.15) is 13.8 Å². The van der Waals surface area contributed by atoms with Gasteiger partial charge in [0.2, 0.25) is 0 Å². The predicted molar refractivity (Wildman–Crippen MR) is 32.8 cm³/mol. The van der Waals surface area contributed by atoms with Crippen LogP contribution in [0.5, 0.6) is 0 Å². The van der Waals surface area contributed by atoms with Gasteiger partial charge in [-0.1, -0.05) is 13.8 Å². The molecule has 0 radical (unpaired) electrons. The number of aliphatic hydroxyl groups is 2. The minimum Gasteiger partial charge on any atom is -0.396 e. The van der Waals surface area contributed by atoms with E-state index in [-0.39, 0.29) is 6.61 Å². The quantitative estimate of drug-likeness (QED) is 0.587. The lowest BCUT2D eigenvalue weighted by Gasteiger charge is -2.25. The van der Waals surface area contributed by atoms with E-state index in [9.17, 15) is 4.39 Å². The molecule has 0 heterocycles. The van der Waals surface area contributed by atoms with Crippen molar-refractivity contribution in [2.75, 3.05) is 13.3 Å². The van der Waals surface area contributed by atoms with Gasteiger partial charge in [0.15, 0.2) is 0 Å². The maximum Gasteiger partial charge on any atom is 0.116 e. The Balaban J connectivity index is 3.80. The molecular weight excluding hydrogens is 123 g/mol. The van der Waals surface area contributed by atoms with Crippen molar-refractivity contribution in [2.24, 2.45) is 5.41 Å². The van der Waals surface area contributed by atoms with Crippen molar-refractivity contribution < 1.29 is 14.6 Å². The summed E-state index contributed by atoms with van der Waals surface area (Å²) >= 11 is 0. The van der Waals surface area contributed by atoms with Crippen molar-refractivity contribution in [1.82, 2.24) is 0 Å². The lowest BCUT2D eigenvalue weighted by atomic mass is 9.88. The Morgan fingerprint density at radius 1 is 1.56 bits per heavy atom. The molecule has 1 unspecified atom stereocenters. The summed E-state index contributed by atoms with van der Waals surface area (Å²) in [5.41, 5.74) is -0.714. The van der Waals surface area contributed by atoms with Crippen LogP contribution in [0.25, 0.3) is 0 Å². The van der Waals surface area contributed by atoms with Gasteiger partial charge in [0.25, 0.3) is 0 Å². The fourth-order valence-corrected chi connectivity index (χ4v) is 0.314. The zero-order valence-corrected chi connectivity index (χ0v) is 5.76. The van der Waals surface area contributed by atoms with Crippen LogP contribution in [0.4, 0.5) is 4.39 Å². The molecule has 0 saturated heterocycles. The van der Waals surface area contributed by atoms with E-state index >= 15 is 0 Å². The third kappa shape index (κ3) is 2.28. The molecule has 0 aromatic rings. The van der Waals surface area contributed by atoms with Gasteiger partial charge in [-0.2, -0.15) is 0 Å². The van der Waals surface area contributed by atoms with Crippen LogP contribution in [0.3, 0.4) is 0 Å². The first-order valence-corrected chi connectivity index (χ1v) is 2.89. The van der Waals surface area contributed by atoms with Gasteiger partial charge in [0, 0.05) is 5.41 Å². The third-order valence-electron chi connectivity index (χ3n) is 1.46. The van der Waals surface area contributed by atoms with Crippen LogP contribution in [0, 0.1) is 5.41 Å². The second-order valence-electron chi connectivity index (χ2n) is 2.82. The standard InChI is InChI=1S/C6H13FO2/c1-6(2,4-8)5(9)3-7/h5,8-9H,3-4H2,1-2H3. The highest BCUT2D eigenvalue weighted by atomic mass is 19.1. The molecule has 0 saturated carbocycles. The molecular formula is C6H13FO2. The number of aliphatic hydroxyl groups excluding tert-OH is 2. The SMILES string of the molecule is CC(C)(CO)C(O)CF. The summed E-state index contributed by atoms with van der Waals surface area (Å²) in [5, 5.41) is 17.4. The van der Waals surface area contributed by atoms with Gasteiger partial charge in [-0.05, 0) is 0 Å². The summed E-state index contributed by atoms with van der Waals surface area (Å²) in [6, 6.07) is 0. The normalized spacial score (nSPS) is 15.7. The van der Waals surface area contributed by atoms with Crippen molar-refractivity contribution in [1.29, 1.82) is 0 Å². The summed E-state index contributed by atoms with van der Waals surface area (Å²) in [6.45, 7) is 2.22. The molecule has 0 aliphatic rings. The molecule has 3 heteroatoms. The largest absolute Gasteiger partial charge is 0.396 e. The molecule has 56 valence electrons. The number of halogens is 1. The fourth-order valence-electron chi connectivity index (χ4n) is 0.314. The van der Waals surface area contributed by atoms with Gasteiger partial charge in [-0.25, -0.2) is 4.39 Å². The maximum atomic E-state index is 11.7. The van der Waals surface area contributed by atoms with Crippen molar-refractivity contribution >= 4 is 0 Å². The lowest BCUT2D eigenvalue weighted by molar-refractivity contribution is -0.00640. The first kappa shape index (κ1) is 8.85. The summed E-state index contributed by atoms with van der Waals surface area (Å²) in [4.78, 5) is 0. The predicted octanol–water partition coefficient (Wildman–Crippen LogP) is 0.335. The third-order valence-corrected chi connectivity index (χ3v) is 1.46. The Morgan fingerprint density at radius 3 is 2.11 bits per heavy atom. The zero-order valence-electron chi connectivity index (χ0n) is 5.76. The highest BCUT2D eigenvalue weighted by Crippen LogP contribution is 2.19. The van der Waals surface area contributed by atoms with Gasteiger partial charge in [0.05, 0.1) is 12.7 Å². The first-order chi connectivity index (χ1) is 4.04. The van der Waals surface area contributed by atoms with E-state index in [1.54, 1.807) is 13.8 Å². The van der Waals surface area contributed by atoms with Gasteiger partial charge in [0.1, 0.15) is 6.67 Å². The van der Waals surface area contributed by atoms with Crippen LogP contribution < -0.4 is 0 Å². The molecule has 0 aliphatic carbocycles. The first-order valence-electron chi connectivity index (χ1n) is 2.89. The van der Waals surface area contributed by atoms with Gasteiger partial charge >= 0.3 is 0 Å². The van der Waals surface area contributed by atoms with Crippen LogP contribution in [0.2, 0.25) is 0 Å². The molecule has 9 heavy (non-hydrogen) atoms. The van der Waals surface area contributed by atoms with Gasteiger partial charge in [-0.15, -0.1) is 0 Å². The molecule has 0 aromatic heterocycles. The number of hydrogen-bond acceptors (Lipinski definition) is 2. The van der Waals surface area contributed by atoms with Gasteiger partial charge < -0.3 is 10.2 Å². The second kappa shape index (κ2) is 3.13. The van der Waals surface area contributed by atoms with E-state index in [2.05, 4.69) is 0 Å². The lowest BCUT2D eigenvalue weighted by Crippen LogP contribution is -2.34. The summed E-state index contributed by atoms with van der Waals surface area (Å²) in [6.07, 6.45) is -1.05. The minimum atomic E-state index is -1.05. The van der Waals surface area contributed by atoms with Crippen molar-refractivity contribution in [3.8, 4) is 0 Å². The van der Waals surface area contributed by atoms with Gasteiger partial charge in [-0.3, -0.25) is 0 Å². The molecule has 0 fully saturated rings. The Bertz CT molecular complexity index is 83.1. The van der Waals surface area contributed by atoms with Crippen molar-refractivity contribution in [2.45, 2.75) is 20.0 Å². The van der Waals surface area contributed by atoms with E-state index in [1.807, 2.05) is 0 Å². The maximum absolute atomic E-state index is 11.7. The van der Waals surface area contributed by atoms with Crippen LogP contribution in [-0.4, -0.2) is 29.6 Å². The monoisotopic (exact) mass is 136 g/mol. The molecule has 0 amide bonds. The molecule has 2 N–H and O–H groups in total. The van der Waals surface area contributed by atoms with E-state index in [4.69, 9.17) is 10.2 Å². The number of alkyl halides is 1.